The molecule has 2 atom stereocenters. The van der Waals surface area contributed by atoms with Gasteiger partial charge in [-0.3, -0.25) is 4.79 Å². The first-order valence-electron chi connectivity index (χ1n) is 8.34. The Balaban J connectivity index is 1.52. The predicted molar refractivity (Wildman–Crippen MR) is 88.8 cm³/mol. The number of rotatable bonds is 5. The molecule has 1 aromatic carbocycles. The summed E-state index contributed by atoms with van der Waals surface area (Å²) in [5, 5.41) is 6.42. The van der Waals surface area contributed by atoms with E-state index in [0.29, 0.717) is 36.1 Å². The summed E-state index contributed by atoms with van der Waals surface area (Å²) in [6.45, 7) is 3.05. The van der Waals surface area contributed by atoms with Crippen LogP contribution in [0.1, 0.15) is 32.1 Å². The Bertz CT molecular complexity index is 701. The number of oxazole rings is 1. The maximum absolute atomic E-state index is 13.7. The molecule has 0 saturated carbocycles. The smallest absolute Gasteiger partial charge is 0.220 e. The van der Waals surface area contributed by atoms with Crippen LogP contribution in [-0.2, 0) is 11.2 Å². The van der Waals surface area contributed by atoms with Gasteiger partial charge in [-0.1, -0.05) is 12.1 Å². The standard InChI is InChI=1S/C18H22FN3O2/c1-12-10-13(8-9-20-12)22-17(23)6-7-18-21-11-16(24-18)14-4-2-3-5-15(14)19/h2-5,11-13,20H,6-10H2,1H3,(H,22,23). The van der Waals surface area contributed by atoms with Crippen LogP contribution in [0.25, 0.3) is 11.3 Å². The third-order valence-corrected chi connectivity index (χ3v) is 4.25. The average molecular weight is 331 g/mol. The molecule has 1 aliphatic rings. The van der Waals surface area contributed by atoms with E-state index < -0.39 is 0 Å². The highest BCUT2D eigenvalue weighted by molar-refractivity contribution is 5.76. The summed E-state index contributed by atoms with van der Waals surface area (Å²) in [5.74, 6) is 0.482. The number of benzene rings is 1. The summed E-state index contributed by atoms with van der Waals surface area (Å²) in [6, 6.07) is 7.05. The Morgan fingerprint density at radius 2 is 2.29 bits per heavy atom. The first kappa shape index (κ1) is 16.6. The van der Waals surface area contributed by atoms with Crippen LogP contribution in [0, 0.1) is 5.82 Å². The monoisotopic (exact) mass is 331 g/mol. The number of nitrogens with zero attached hydrogens (tertiary/aromatic N) is 1. The fraction of sp³-hybridized carbons (Fsp3) is 0.444. The molecule has 0 bridgehead atoms. The lowest BCUT2D eigenvalue weighted by atomic mass is 10.0. The van der Waals surface area contributed by atoms with Gasteiger partial charge in [0.25, 0.3) is 0 Å². The largest absolute Gasteiger partial charge is 0.441 e. The number of carbonyl (C=O) groups excluding carboxylic acids is 1. The van der Waals surface area contributed by atoms with Crippen molar-refractivity contribution in [3.63, 3.8) is 0 Å². The van der Waals surface area contributed by atoms with Gasteiger partial charge in [0, 0.05) is 24.9 Å². The maximum atomic E-state index is 13.7. The van der Waals surface area contributed by atoms with E-state index in [9.17, 15) is 9.18 Å². The summed E-state index contributed by atoms with van der Waals surface area (Å²) in [5.41, 5.74) is 0.379. The van der Waals surface area contributed by atoms with E-state index in [2.05, 4.69) is 22.5 Å². The van der Waals surface area contributed by atoms with E-state index in [0.717, 1.165) is 19.4 Å². The molecule has 24 heavy (non-hydrogen) atoms. The minimum Gasteiger partial charge on any atom is -0.441 e. The topological polar surface area (TPSA) is 67.2 Å². The van der Waals surface area contributed by atoms with Crippen LogP contribution in [-0.4, -0.2) is 29.5 Å². The van der Waals surface area contributed by atoms with Crippen LogP contribution >= 0.6 is 0 Å². The molecule has 0 aliphatic carbocycles. The Kier molecular flexibility index (Phi) is 5.25. The van der Waals surface area contributed by atoms with E-state index >= 15 is 0 Å². The van der Waals surface area contributed by atoms with Crippen molar-refractivity contribution in [2.75, 3.05) is 6.54 Å². The Hall–Kier alpha value is -2.21. The van der Waals surface area contributed by atoms with Gasteiger partial charge in [-0.05, 0) is 38.4 Å². The van der Waals surface area contributed by atoms with Crippen molar-refractivity contribution in [3.8, 4) is 11.3 Å². The van der Waals surface area contributed by atoms with Crippen molar-refractivity contribution in [1.29, 1.82) is 0 Å². The molecule has 2 unspecified atom stereocenters. The number of amides is 1. The van der Waals surface area contributed by atoms with Crippen LogP contribution in [0.2, 0.25) is 0 Å². The third kappa shape index (κ3) is 4.20. The number of piperidine rings is 1. The first-order chi connectivity index (χ1) is 11.6. The third-order valence-electron chi connectivity index (χ3n) is 4.25. The van der Waals surface area contributed by atoms with Crippen molar-refractivity contribution in [2.24, 2.45) is 0 Å². The number of carbonyl (C=O) groups is 1. The Labute approximate surface area is 140 Å². The minimum atomic E-state index is -0.349. The van der Waals surface area contributed by atoms with Crippen LogP contribution in [0.3, 0.4) is 0 Å². The number of aryl methyl sites for hydroxylation is 1. The van der Waals surface area contributed by atoms with Crippen molar-refractivity contribution in [3.05, 3.63) is 42.2 Å². The first-order valence-corrected chi connectivity index (χ1v) is 8.34. The molecule has 1 amide bonds. The zero-order chi connectivity index (χ0) is 16.9. The average Bonchev–Trinajstić information content (AvgIpc) is 3.02. The summed E-state index contributed by atoms with van der Waals surface area (Å²) in [6.07, 6.45) is 4.12. The lowest BCUT2D eigenvalue weighted by Gasteiger charge is -2.28. The number of hydrogen-bond donors (Lipinski definition) is 2. The highest BCUT2D eigenvalue weighted by Gasteiger charge is 2.20. The summed E-state index contributed by atoms with van der Waals surface area (Å²) in [7, 11) is 0. The van der Waals surface area contributed by atoms with Crippen molar-refractivity contribution in [1.82, 2.24) is 15.6 Å². The van der Waals surface area contributed by atoms with Gasteiger partial charge in [-0.25, -0.2) is 9.37 Å². The minimum absolute atomic E-state index is 0.000239. The molecule has 1 fully saturated rings. The highest BCUT2D eigenvalue weighted by atomic mass is 19.1. The molecular weight excluding hydrogens is 309 g/mol. The van der Waals surface area contributed by atoms with Crippen LogP contribution in [0.15, 0.2) is 34.9 Å². The second kappa shape index (κ2) is 7.57. The van der Waals surface area contributed by atoms with Gasteiger partial charge in [0.2, 0.25) is 5.91 Å². The Morgan fingerprint density at radius 3 is 3.08 bits per heavy atom. The van der Waals surface area contributed by atoms with Crippen LogP contribution in [0.4, 0.5) is 4.39 Å². The maximum Gasteiger partial charge on any atom is 0.220 e. The number of halogens is 1. The van der Waals surface area contributed by atoms with Gasteiger partial charge in [-0.15, -0.1) is 0 Å². The van der Waals surface area contributed by atoms with Crippen LogP contribution < -0.4 is 10.6 Å². The Morgan fingerprint density at radius 1 is 1.46 bits per heavy atom. The SMILES string of the molecule is CC1CC(NC(=O)CCc2ncc(-c3ccccc3F)o2)CCN1. The quantitative estimate of drug-likeness (QED) is 0.884. The molecule has 3 rings (SSSR count). The second-order valence-electron chi connectivity index (χ2n) is 6.24. The molecule has 1 saturated heterocycles. The fourth-order valence-corrected chi connectivity index (χ4v) is 2.99. The molecule has 0 spiro atoms. The van der Waals surface area contributed by atoms with Crippen molar-refractivity contribution in [2.45, 2.75) is 44.7 Å². The van der Waals surface area contributed by atoms with Gasteiger partial charge in [0.05, 0.1) is 11.8 Å². The van der Waals surface area contributed by atoms with E-state index in [1.807, 2.05) is 0 Å². The normalized spacial score (nSPS) is 20.8. The molecule has 2 N–H and O–H groups in total. The van der Waals surface area contributed by atoms with Crippen LogP contribution in [0.5, 0.6) is 0 Å². The fourth-order valence-electron chi connectivity index (χ4n) is 2.99. The lowest BCUT2D eigenvalue weighted by Crippen LogP contribution is -2.46. The molecule has 2 heterocycles. The molecule has 1 aliphatic heterocycles. The van der Waals surface area contributed by atoms with Gasteiger partial charge < -0.3 is 15.1 Å². The van der Waals surface area contributed by atoms with Crippen molar-refractivity contribution < 1.29 is 13.6 Å². The van der Waals surface area contributed by atoms with E-state index in [4.69, 9.17) is 4.42 Å². The molecule has 6 heteroatoms. The molecule has 2 aromatic rings. The highest BCUT2D eigenvalue weighted by Crippen LogP contribution is 2.23. The van der Waals surface area contributed by atoms with E-state index in [-0.39, 0.29) is 17.8 Å². The van der Waals surface area contributed by atoms with Gasteiger partial charge >= 0.3 is 0 Å². The van der Waals surface area contributed by atoms with E-state index in [1.54, 1.807) is 18.2 Å². The van der Waals surface area contributed by atoms with Gasteiger partial charge in [-0.2, -0.15) is 0 Å². The number of aromatic nitrogens is 1. The van der Waals surface area contributed by atoms with Gasteiger partial charge in [0.1, 0.15) is 5.82 Å². The second-order valence-corrected chi connectivity index (χ2v) is 6.24. The lowest BCUT2D eigenvalue weighted by molar-refractivity contribution is -0.122. The summed E-state index contributed by atoms with van der Waals surface area (Å²) >= 11 is 0. The molecular formula is C18H22FN3O2. The number of hydrogen-bond acceptors (Lipinski definition) is 4. The van der Waals surface area contributed by atoms with Gasteiger partial charge in [0.15, 0.2) is 11.7 Å². The number of nitrogens with one attached hydrogen (secondary N) is 2. The zero-order valence-electron chi connectivity index (χ0n) is 13.7. The molecule has 1 aromatic heterocycles. The summed E-state index contributed by atoms with van der Waals surface area (Å²) < 4.78 is 19.3. The zero-order valence-corrected chi connectivity index (χ0v) is 13.7. The molecule has 5 nitrogen and oxygen atoms in total. The molecule has 128 valence electrons. The predicted octanol–water partition coefficient (Wildman–Crippen LogP) is 2.67. The molecule has 0 radical (unpaired) electrons. The summed E-state index contributed by atoms with van der Waals surface area (Å²) in [4.78, 5) is 16.2. The van der Waals surface area contributed by atoms with E-state index in [1.165, 1.54) is 12.3 Å². The van der Waals surface area contributed by atoms with Crippen molar-refractivity contribution >= 4 is 5.91 Å².